The highest BCUT2D eigenvalue weighted by atomic mass is 16.6. The number of methoxy groups -OCH3 is 1. The average Bonchev–Trinajstić information content (AvgIpc) is 2.78. The van der Waals surface area contributed by atoms with Crippen LogP contribution in [0.3, 0.4) is 0 Å². The molecule has 0 atom stereocenters. The normalized spacial score (nSPS) is 12.3. The van der Waals surface area contributed by atoms with E-state index in [-0.39, 0.29) is 0 Å². The summed E-state index contributed by atoms with van der Waals surface area (Å²) >= 11 is 0. The lowest BCUT2D eigenvalue weighted by Crippen LogP contribution is -2.15. The number of benzene rings is 3. The highest BCUT2D eigenvalue weighted by molar-refractivity contribution is 5.83. The molecule has 0 unspecified atom stereocenters. The number of ether oxygens (including phenoxy) is 4. The number of rotatable bonds is 6. The molecule has 0 spiro atoms. The first-order valence-electron chi connectivity index (χ1n) is 9.64. The molecule has 0 fully saturated rings. The molecule has 4 rings (SSSR count). The lowest BCUT2D eigenvalue weighted by Gasteiger charge is -2.20. The molecule has 1 heterocycles. The number of hydrogen-bond acceptors (Lipinski definition) is 6. The molecule has 30 heavy (non-hydrogen) atoms. The lowest BCUT2D eigenvalue weighted by atomic mass is 9.96. The average molecular weight is 405 g/mol. The summed E-state index contributed by atoms with van der Waals surface area (Å²) in [7, 11) is 1.50. The van der Waals surface area contributed by atoms with Crippen molar-refractivity contribution in [2.75, 3.05) is 26.1 Å². The Bertz CT molecular complexity index is 1090. The zero-order valence-corrected chi connectivity index (χ0v) is 16.9. The second kappa shape index (κ2) is 8.37. The summed E-state index contributed by atoms with van der Waals surface area (Å²) in [6.45, 7) is 3.51. The Hall–Kier alpha value is -3.67. The second-order valence-electron chi connectivity index (χ2n) is 6.99. The Kier molecular flexibility index (Phi) is 5.48. The van der Waals surface area contributed by atoms with Crippen molar-refractivity contribution in [3.05, 3.63) is 65.2 Å². The fourth-order valence-corrected chi connectivity index (χ4v) is 3.51. The summed E-state index contributed by atoms with van der Waals surface area (Å²) in [6, 6.07) is 15.2. The minimum atomic E-state index is 0.331. The Morgan fingerprint density at radius 1 is 1.03 bits per heavy atom. The van der Waals surface area contributed by atoms with Crippen LogP contribution >= 0.6 is 0 Å². The van der Waals surface area contributed by atoms with E-state index in [4.69, 9.17) is 24.7 Å². The molecule has 2 N–H and O–H groups in total. The van der Waals surface area contributed by atoms with Crippen molar-refractivity contribution >= 4 is 12.0 Å². The molecule has 3 aromatic rings. The molecule has 6 nitrogen and oxygen atoms in total. The smallest absolute Gasteiger partial charge is 0.161 e. The highest BCUT2D eigenvalue weighted by Gasteiger charge is 2.15. The third-order valence-corrected chi connectivity index (χ3v) is 5.17. The maximum Gasteiger partial charge on any atom is 0.161 e. The number of fused-ring (bicyclic) bond motifs is 1. The van der Waals surface area contributed by atoms with Crippen molar-refractivity contribution in [2.45, 2.75) is 13.5 Å². The van der Waals surface area contributed by atoms with Crippen molar-refractivity contribution in [2.24, 2.45) is 0 Å². The number of hydrogen-bond donors (Lipinski definition) is 1. The number of nitrogens with two attached hydrogens (primary N) is 1. The number of carbonyl (C=O) groups is 1. The van der Waals surface area contributed by atoms with Crippen molar-refractivity contribution in [1.82, 2.24) is 0 Å². The van der Waals surface area contributed by atoms with Gasteiger partial charge in [-0.1, -0.05) is 24.3 Å². The maximum atomic E-state index is 11.1. The van der Waals surface area contributed by atoms with E-state index in [1.807, 2.05) is 30.3 Å². The molecule has 0 radical (unpaired) electrons. The molecule has 0 aromatic heterocycles. The van der Waals surface area contributed by atoms with Gasteiger partial charge in [0.1, 0.15) is 31.3 Å². The van der Waals surface area contributed by atoms with Crippen LogP contribution in [0.5, 0.6) is 23.0 Å². The van der Waals surface area contributed by atoms with E-state index in [0.29, 0.717) is 48.9 Å². The van der Waals surface area contributed by atoms with Crippen LogP contribution in [0.25, 0.3) is 11.1 Å². The minimum Gasteiger partial charge on any atom is -0.496 e. The fraction of sp³-hybridized carbons (Fsp3) is 0.208. The Morgan fingerprint density at radius 3 is 2.60 bits per heavy atom. The third kappa shape index (κ3) is 3.76. The summed E-state index contributed by atoms with van der Waals surface area (Å²) in [5.41, 5.74) is 11.1. The van der Waals surface area contributed by atoms with E-state index in [9.17, 15) is 4.79 Å². The molecule has 3 aromatic carbocycles. The maximum absolute atomic E-state index is 11.1. The van der Waals surface area contributed by atoms with E-state index < -0.39 is 0 Å². The van der Waals surface area contributed by atoms with E-state index in [0.717, 1.165) is 33.8 Å². The first-order valence-corrected chi connectivity index (χ1v) is 9.64. The van der Waals surface area contributed by atoms with Gasteiger partial charge in [0.15, 0.2) is 17.8 Å². The van der Waals surface area contributed by atoms with E-state index >= 15 is 0 Å². The van der Waals surface area contributed by atoms with Gasteiger partial charge >= 0.3 is 0 Å². The lowest BCUT2D eigenvalue weighted by molar-refractivity contribution is 0.112. The van der Waals surface area contributed by atoms with Crippen LogP contribution in [0.1, 0.15) is 21.5 Å². The van der Waals surface area contributed by atoms with Crippen molar-refractivity contribution in [3.8, 4) is 34.1 Å². The summed E-state index contributed by atoms with van der Waals surface area (Å²) in [6.07, 6.45) is 0.708. The molecule has 1 aliphatic heterocycles. The van der Waals surface area contributed by atoms with Crippen molar-refractivity contribution in [3.63, 3.8) is 0 Å². The minimum absolute atomic E-state index is 0.331. The van der Waals surface area contributed by atoms with Gasteiger partial charge in [0.05, 0.1) is 18.4 Å². The molecular formula is C24H23NO5. The predicted octanol–water partition coefficient (Wildman–Crippen LogP) is 4.42. The first-order chi connectivity index (χ1) is 14.6. The van der Waals surface area contributed by atoms with Crippen molar-refractivity contribution in [1.29, 1.82) is 0 Å². The monoisotopic (exact) mass is 405 g/mol. The topological polar surface area (TPSA) is 80.0 Å². The van der Waals surface area contributed by atoms with Crippen LogP contribution < -0.4 is 24.7 Å². The van der Waals surface area contributed by atoms with Gasteiger partial charge in [-0.3, -0.25) is 4.79 Å². The largest absolute Gasteiger partial charge is 0.496 e. The molecule has 0 aliphatic carbocycles. The Morgan fingerprint density at radius 2 is 1.83 bits per heavy atom. The van der Waals surface area contributed by atoms with E-state index in [2.05, 4.69) is 13.0 Å². The molecular weight excluding hydrogens is 382 g/mol. The van der Waals surface area contributed by atoms with Gasteiger partial charge in [0, 0.05) is 6.07 Å². The summed E-state index contributed by atoms with van der Waals surface area (Å²) < 4.78 is 22.5. The summed E-state index contributed by atoms with van der Waals surface area (Å²) in [5, 5.41) is 0. The van der Waals surface area contributed by atoms with Gasteiger partial charge in [-0.05, 0) is 47.4 Å². The Balaban J connectivity index is 1.59. The van der Waals surface area contributed by atoms with Gasteiger partial charge in [-0.2, -0.15) is 0 Å². The second-order valence-corrected chi connectivity index (χ2v) is 6.99. The summed E-state index contributed by atoms with van der Waals surface area (Å²) in [5.74, 6) is 2.43. The molecule has 1 aliphatic rings. The predicted molar refractivity (Wildman–Crippen MR) is 115 cm³/mol. The van der Waals surface area contributed by atoms with Crippen LogP contribution in [0.4, 0.5) is 5.69 Å². The third-order valence-electron chi connectivity index (χ3n) is 5.17. The first kappa shape index (κ1) is 19.6. The van der Waals surface area contributed by atoms with Crippen LogP contribution in [-0.2, 0) is 6.61 Å². The van der Waals surface area contributed by atoms with Gasteiger partial charge < -0.3 is 24.7 Å². The summed E-state index contributed by atoms with van der Waals surface area (Å²) in [4.78, 5) is 11.1. The van der Waals surface area contributed by atoms with Crippen molar-refractivity contribution < 1.29 is 23.7 Å². The quantitative estimate of drug-likeness (QED) is 0.483. The number of aldehydes is 1. The van der Waals surface area contributed by atoms with Gasteiger partial charge in [0.25, 0.3) is 0 Å². The van der Waals surface area contributed by atoms with Crippen LogP contribution in [0.2, 0.25) is 0 Å². The van der Waals surface area contributed by atoms with Gasteiger partial charge in [0.2, 0.25) is 0 Å². The van der Waals surface area contributed by atoms with Gasteiger partial charge in [-0.25, -0.2) is 0 Å². The Labute approximate surface area is 175 Å². The fourth-order valence-electron chi connectivity index (χ4n) is 3.51. The number of nitrogen functional groups attached to an aromatic ring is 1. The molecule has 0 saturated carbocycles. The van der Waals surface area contributed by atoms with Crippen LogP contribution in [0, 0.1) is 6.92 Å². The number of anilines is 1. The molecule has 6 heteroatoms. The molecule has 154 valence electrons. The van der Waals surface area contributed by atoms with Crippen LogP contribution in [-0.4, -0.2) is 26.6 Å². The highest BCUT2D eigenvalue weighted by Crippen LogP contribution is 2.36. The molecule has 0 amide bonds. The molecule has 0 bridgehead atoms. The zero-order chi connectivity index (χ0) is 21.1. The number of carbonyl (C=O) groups excluding carboxylic acids is 1. The van der Waals surface area contributed by atoms with E-state index in [1.54, 1.807) is 12.1 Å². The zero-order valence-electron chi connectivity index (χ0n) is 16.9. The SMILES string of the molecule is COc1cc(OCc2cccc(-c3ccc4c(c3)OCCO4)c2C)c(N)cc1C=O. The van der Waals surface area contributed by atoms with E-state index in [1.165, 1.54) is 7.11 Å². The molecule has 0 saturated heterocycles. The standard InChI is InChI=1S/C24H23NO5/c1-15-17(14-30-23-12-22(27-2)18(13-26)10-20(23)25)4-3-5-19(15)16-6-7-21-24(11-16)29-9-8-28-21/h3-7,10-13H,8-9,14,25H2,1-2H3. The van der Waals surface area contributed by atoms with Gasteiger partial charge in [-0.15, -0.1) is 0 Å². The van der Waals surface area contributed by atoms with Crippen LogP contribution in [0.15, 0.2) is 48.5 Å².